The van der Waals surface area contributed by atoms with Gasteiger partial charge in [-0.1, -0.05) is 38.4 Å². The van der Waals surface area contributed by atoms with E-state index in [4.69, 9.17) is 34.3 Å². The summed E-state index contributed by atoms with van der Waals surface area (Å²) in [7, 11) is -6.80. The van der Waals surface area contributed by atoms with E-state index in [1.165, 1.54) is 19.1 Å². The second-order valence-corrected chi connectivity index (χ2v) is 18.4. The van der Waals surface area contributed by atoms with Gasteiger partial charge < -0.3 is 9.16 Å². The van der Waals surface area contributed by atoms with Crippen molar-refractivity contribution in [3.05, 3.63) is 67.7 Å². The maximum Gasteiger partial charge on any atom is 0.475 e. The van der Waals surface area contributed by atoms with Crippen molar-refractivity contribution in [1.29, 1.82) is 0 Å². The molecule has 0 aliphatic carbocycles. The van der Waals surface area contributed by atoms with Gasteiger partial charge in [0.25, 0.3) is 5.56 Å². The minimum atomic E-state index is -4.19. The van der Waals surface area contributed by atoms with E-state index >= 15 is 4.39 Å². The number of benzene rings is 1. The van der Waals surface area contributed by atoms with Gasteiger partial charge in [0.1, 0.15) is 18.0 Å². The molecule has 0 bridgehead atoms. The number of ether oxygens (including phenoxy) is 1. The van der Waals surface area contributed by atoms with Gasteiger partial charge in [-0.05, 0) is 42.8 Å². The highest BCUT2D eigenvalue weighted by Crippen LogP contribution is 2.58. The van der Waals surface area contributed by atoms with Crippen molar-refractivity contribution in [2.24, 2.45) is 0 Å². The number of phosphoric ester groups is 1. The van der Waals surface area contributed by atoms with E-state index in [1.54, 1.807) is 6.07 Å². The zero-order chi connectivity index (χ0) is 29.7. The molecule has 10 nitrogen and oxygen atoms in total. The van der Waals surface area contributed by atoms with Crippen LogP contribution in [0.3, 0.4) is 0 Å². The number of alkyl halides is 1. The quantitative estimate of drug-likeness (QED) is 0.311. The lowest BCUT2D eigenvalue weighted by Crippen LogP contribution is -2.53. The molecule has 1 aromatic carbocycles. The normalized spacial score (nSPS) is 31.4. The van der Waals surface area contributed by atoms with Crippen molar-refractivity contribution in [2.75, 3.05) is 13.2 Å². The number of aromatic nitrogens is 2. The fourth-order valence-electron chi connectivity index (χ4n) is 4.32. The molecule has 0 amide bonds. The number of H-pyrrole nitrogens is 1. The molecule has 2 fully saturated rings. The number of hydrogen-bond acceptors (Lipinski definition) is 8. The minimum absolute atomic E-state index is 0.00215. The maximum absolute atomic E-state index is 16.6. The summed E-state index contributed by atoms with van der Waals surface area (Å²) < 4.78 is 73.9. The van der Waals surface area contributed by atoms with Crippen LogP contribution < -0.4 is 11.2 Å². The zero-order valence-electron chi connectivity index (χ0n) is 23.1. The van der Waals surface area contributed by atoms with Crippen LogP contribution >= 0.6 is 19.4 Å². The summed E-state index contributed by atoms with van der Waals surface area (Å²) in [4.78, 5) is 26.2. The van der Waals surface area contributed by atoms with Gasteiger partial charge >= 0.3 is 13.5 Å². The molecule has 2 aliphatic rings. The zero-order valence-corrected chi connectivity index (χ0v) is 25.8. The van der Waals surface area contributed by atoms with Crippen LogP contribution in [-0.4, -0.2) is 49.0 Å². The largest absolute Gasteiger partial charge is 0.475 e. The van der Waals surface area contributed by atoms with Crippen molar-refractivity contribution >= 4 is 27.7 Å². The Hall–Kier alpha value is -1.70. The molecule has 2 aromatic rings. The Balaban J connectivity index is 1.59. The predicted molar refractivity (Wildman–Crippen MR) is 146 cm³/mol. The van der Waals surface area contributed by atoms with Gasteiger partial charge in [0, 0.05) is 18.7 Å². The fourth-order valence-corrected chi connectivity index (χ4v) is 7.20. The van der Waals surface area contributed by atoms with Crippen LogP contribution in [-0.2, 0) is 27.3 Å². The molecule has 40 heavy (non-hydrogen) atoms. The monoisotopic (exact) mass is 622 g/mol. The Morgan fingerprint density at radius 1 is 1.27 bits per heavy atom. The molecule has 3 heterocycles. The third-order valence-electron chi connectivity index (χ3n) is 7.61. The summed E-state index contributed by atoms with van der Waals surface area (Å²) in [5.74, 6) is -0.652. The van der Waals surface area contributed by atoms with Crippen LogP contribution in [0.15, 0.2) is 40.1 Å². The van der Waals surface area contributed by atoms with E-state index in [0.717, 1.165) is 16.8 Å². The van der Waals surface area contributed by atoms with E-state index in [9.17, 15) is 18.5 Å². The average Bonchev–Trinajstić information content (AvgIpc) is 3.08. The molecule has 15 heteroatoms. The summed E-state index contributed by atoms with van der Waals surface area (Å²) in [6, 6.07) is 5.19. The molecular weight excluding hydrogens is 589 g/mol. The summed E-state index contributed by atoms with van der Waals surface area (Å²) in [5.41, 5.74) is -3.37. The van der Waals surface area contributed by atoms with Crippen molar-refractivity contribution in [3.8, 4) is 0 Å². The smallest absolute Gasteiger partial charge is 0.408 e. The Labute approximate surface area is 236 Å². The number of nitrogens with one attached hydrogen (secondary N) is 1. The van der Waals surface area contributed by atoms with Crippen LogP contribution in [0.5, 0.6) is 0 Å². The first kappa shape index (κ1) is 31.2. The van der Waals surface area contributed by atoms with Crippen LogP contribution in [0.1, 0.15) is 52.0 Å². The Bertz CT molecular complexity index is 1410. The van der Waals surface area contributed by atoms with Crippen LogP contribution in [0.4, 0.5) is 8.78 Å². The molecule has 0 saturated carbocycles. The van der Waals surface area contributed by atoms with Gasteiger partial charge in [0.2, 0.25) is 0 Å². The topological polar surface area (TPSA) is 118 Å². The molecule has 0 spiro atoms. The van der Waals surface area contributed by atoms with Crippen LogP contribution in [0.25, 0.3) is 0 Å². The van der Waals surface area contributed by atoms with Crippen LogP contribution in [0, 0.1) is 5.82 Å². The van der Waals surface area contributed by atoms with Crippen molar-refractivity contribution in [2.45, 2.75) is 82.5 Å². The summed E-state index contributed by atoms with van der Waals surface area (Å²) >= 11 is 5.77. The molecule has 0 unspecified atom stereocenters. The number of rotatable bonds is 7. The highest BCUT2D eigenvalue weighted by molar-refractivity contribution is 7.48. The molecular formula is C25H34ClF2N2O8PSi. The van der Waals surface area contributed by atoms with Crippen molar-refractivity contribution < 1.29 is 36.1 Å². The molecule has 4 rings (SSSR count). The molecule has 2 saturated heterocycles. The number of halogens is 3. The third kappa shape index (κ3) is 6.36. The van der Waals surface area contributed by atoms with Gasteiger partial charge in [0.15, 0.2) is 20.2 Å². The molecule has 1 N–H and O–H groups in total. The maximum atomic E-state index is 16.6. The lowest BCUT2D eigenvalue weighted by atomic mass is 9.98. The van der Waals surface area contributed by atoms with Crippen molar-refractivity contribution in [1.82, 2.24) is 9.55 Å². The Kier molecular flexibility index (Phi) is 8.73. The van der Waals surface area contributed by atoms with Gasteiger partial charge in [0.05, 0.1) is 24.3 Å². The van der Waals surface area contributed by atoms with Gasteiger partial charge in [-0.25, -0.2) is 18.1 Å². The van der Waals surface area contributed by atoms with E-state index in [0.29, 0.717) is 5.56 Å². The van der Waals surface area contributed by atoms with E-state index < -0.39 is 70.0 Å². The average molecular weight is 623 g/mol. The molecule has 6 atom stereocenters. The highest BCUT2D eigenvalue weighted by Gasteiger charge is 2.59. The van der Waals surface area contributed by atoms with Gasteiger partial charge in [-0.2, -0.15) is 0 Å². The second-order valence-electron chi connectivity index (χ2n) is 11.6. The molecule has 2 aliphatic heterocycles. The number of phosphoric acid groups is 1. The lowest BCUT2D eigenvalue weighted by molar-refractivity contribution is -0.0653. The molecule has 0 radical (unpaired) electrons. The van der Waals surface area contributed by atoms with E-state index in [1.807, 2.05) is 33.9 Å². The first-order valence-corrected chi connectivity index (χ1v) is 17.5. The van der Waals surface area contributed by atoms with Crippen LogP contribution in [0.2, 0.25) is 23.2 Å². The summed E-state index contributed by atoms with van der Waals surface area (Å²) in [6.45, 7) is 10.6. The van der Waals surface area contributed by atoms with Gasteiger partial charge in [-0.3, -0.25) is 27.9 Å². The standard InChI is InChI=1S/C25H34ClF2N2O8PSi/c1-24(2,3)40(5,6)38-21-19(36-22(25(21,4)28)30-11-9-20(31)29-23(30)32)14-35-39(33)34-12-10-18(37-39)15-7-8-16(26)17(27)13-15/h7-9,11,13,18-19,21-22H,10,12,14H2,1-6H3,(H,29,31,32)/t18-,19-,21-,22-,25-,39+/m1/s1. The first-order chi connectivity index (χ1) is 18.4. The van der Waals surface area contributed by atoms with E-state index in [2.05, 4.69) is 4.98 Å². The SMILES string of the molecule is CC(C)(C)[Si](C)(C)O[C@@H]1[C@@H](CO[P@]2(=O)OCC[C@H](c3ccc(Cl)c(F)c3)O2)O[C@@H](n2ccc(=O)[nH]c2=O)[C@]1(C)F. The predicted octanol–water partition coefficient (Wildman–Crippen LogP) is 5.65. The molecule has 222 valence electrons. The lowest BCUT2D eigenvalue weighted by Gasteiger charge is -2.41. The summed E-state index contributed by atoms with van der Waals surface area (Å²) in [6.07, 6.45) is -3.24. The number of hydrogen-bond donors (Lipinski definition) is 1. The highest BCUT2D eigenvalue weighted by atomic mass is 35.5. The third-order valence-corrected chi connectivity index (χ3v) is 13.8. The second kappa shape index (κ2) is 11.2. The Morgan fingerprint density at radius 2 is 1.98 bits per heavy atom. The number of nitrogens with zero attached hydrogens (tertiary/aromatic N) is 1. The minimum Gasteiger partial charge on any atom is -0.408 e. The Morgan fingerprint density at radius 3 is 2.60 bits per heavy atom. The van der Waals surface area contributed by atoms with Crippen molar-refractivity contribution in [3.63, 3.8) is 0 Å². The van der Waals surface area contributed by atoms with E-state index in [-0.39, 0.29) is 23.1 Å². The molecule has 1 aromatic heterocycles. The summed E-state index contributed by atoms with van der Waals surface area (Å²) in [5, 5.41) is -0.364. The van der Waals surface area contributed by atoms with Gasteiger partial charge in [-0.15, -0.1) is 0 Å². The number of aromatic amines is 1. The first-order valence-electron chi connectivity index (χ1n) is 12.8. The fraction of sp³-hybridized carbons (Fsp3) is 0.600.